The minimum Gasteiger partial charge on any atom is -0.399 e. The summed E-state index contributed by atoms with van der Waals surface area (Å²) in [6, 6.07) is 7.03. The summed E-state index contributed by atoms with van der Waals surface area (Å²) in [5, 5.41) is 3.09. The van der Waals surface area contributed by atoms with Gasteiger partial charge in [-0.05, 0) is 46.3 Å². The monoisotopic (exact) mass is 357 g/mol. The van der Waals surface area contributed by atoms with Gasteiger partial charge in [0, 0.05) is 10.2 Å². The highest BCUT2D eigenvalue weighted by Gasteiger charge is 2.13. The number of nitrogen functional groups attached to an aromatic ring is 1. The number of primary amides is 1. The van der Waals surface area contributed by atoms with Crippen molar-refractivity contribution in [2.75, 3.05) is 11.1 Å². The molecular weight excluding hydrogens is 349 g/mol. The molecular formula is C13H10BrClFN3O. The van der Waals surface area contributed by atoms with Crippen LogP contribution in [-0.2, 0) is 0 Å². The predicted octanol–water partition coefficient (Wildman–Crippen LogP) is 3.67. The van der Waals surface area contributed by atoms with Crippen LogP contribution in [0.3, 0.4) is 0 Å². The van der Waals surface area contributed by atoms with E-state index < -0.39 is 11.7 Å². The van der Waals surface area contributed by atoms with Gasteiger partial charge in [0.2, 0.25) is 0 Å². The first-order chi connectivity index (χ1) is 9.38. The molecule has 0 aliphatic rings. The molecule has 20 heavy (non-hydrogen) atoms. The Hall–Kier alpha value is -1.79. The Morgan fingerprint density at radius 3 is 2.60 bits per heavy atom. The summed E-state index contributed by atoms with van der Waals surface area (Å²) >= 11 is 9.18. The number of benzene rings is 2. The number of nitrogens with two attached hydrogens (primary N) is 2. The highest BCUT2D eigenvalue weighted by atomic mass is 79.9. The summed E-state index contributed by atoms with van der Waals surface area (Å²) in [7, 11) is 0. The number of halogens is 3. The first-order valence-electron chi connectivity index (χ1n) is 5.49. The summed E-state index contributed by atoms with van der Waals surface area (Å²) in [5.74, 6) is -1.09. The molecule has 2 aromatic rings. The molecule has 0 heterocycles. The Morgan fingerprint density at radius 1 is 1.30 bits per heavy atom. The number of amides is 1. The molecule has 2 rings (SSSR count). The third-order valence-corrected chi connectivity index (χ3v) is 3.50. The Morgan fingerprint density at radius 2 is 2.00 bits per heavy atom. The first-order valence-corrected chi connectivity index (χ1v) is 6.66. The van der Waals surface area contributed by atoms with Crippen LogP contribution in [0.1, 0.15) is 10.4 Å². The molecule has 0 spiro atoms. The van der Waals surface area contributed by atoms with Crippen molar-refractivity contribution in [2.45, 2.75) is 0 Å². The van der Waals surface area contributed by atoms with Gasteiger partial charge in [0.25, 0.3) is 5.91 Å². The average molecular weight is 359 g/mol. The maximum Gasteiger partial charge on any atom is 0.250 e. The van der Waals surface area contributed by atoms with Crippen LogP contribution in [0.25, 0.3) is 0 Å². The molecule has 0 atom stereocenters. The van der Waals surface area contributed by atoms with Gasteiger partial charge in [-0.15, -0.1) is 0 Å². The molecule has 7 heteroatoms. The Labute approximate surface area is 128 Å². The number of rotatable bonds is 3. The third kappa shape index (κ3) is 3.02. The second kappa shape index (κ2) is 5.68. The van der Waals surface area contributed by atoms with Crippen LogP contribution in [0.4, 0.5) is 21.5 Å². The Kier molecular flexibility index (Phi) is 4.15. The van der Waals surface area contributed by atoms with Gasteiger partial charge in [0.1, 0.15) is 5.82 Å². The van der Waals surface area contributed by atoms with E-state index in [4.69, 9.17) is 23.1 Å². The van der Waals surface area contributed by atoms with Crippen LogP contribution in [0.15, 0.2) is 34.8 Å². The number of anilines is 3. The number of nitrogens with one attached hydrogen (secondary N) is 1. The van der Waals surface area contributed by atoms with Crippen molar-refractivity contribution in [3.63, 3.8) is 0 Å². The molecule has 0 unspecified atom stereocenters. The SMILES string of the molecule is NC(=O)c1ccc(N)cc1Nc1c(Cl)cc(F)cc1Br. The van der Waals surface area contributed by atoms with Crippen molar-refractivity contribution >= 4 is 50.5 Å². The number of carbonyl (C=O) groups excluding carboxylic acids is 1. The van der Waals surface area contributed by atoms with Gasteiger partial charge in [-0.1, -0.05) is 11.6 Å². The van der Waals surface area contributed by atoms with Crippen LogP contribution < -0.4 is 16.8 Å². The van der Waals surface area contributed by atoms with Crippen LogP contribution in [0.2, 0.25) is 5.02 Å². The van der Waals surface area contributed by atoms with Crippen LogP contribution >= 0.6 is 27.5 Å². The highest BCUT2D eigenvalue weighted by Crippen LogP contribution is 2.35. The minimum atomic E-state index is -0.609. The maximum absolute atomic E-state index is 13.2. The van der Waals surface area contributed by atoms with Crippen LogP contribution in [-0.4, -0.2) is 5.91 Å². The zero-order chi connectivity index (χ0) is 14.9. The molecule has 0 radical (unpaired) electrons. The van der Waals surface area contributed by atoms with E-state index in [1.807, 2.05) is 0 Å². The van der Waals surface area contributed by atoms with Gasteiger partial charge in [0.05, 0.1) is 22.0 Å². The lowest BCUT2D eigenvalue weighted by molar-refractivity contribution is 0.100. The van der Waals surface area contributed by atoms with Crippen molar-refractivity contribution < 1.29 is 9.18 Å². The van der Waals surface area contributed by atoms with E-state index in [0.29, 0.717) is 21.5 Å². The second-order valence-electron chi connectivity index (χ2n) is 4.04. The fourth-order valence-corrected chi connectivity index (χ4v) is 2.58. The van der Waals surface area contributed by atoms with Crippen molar-refractivity contribution in [2.24, 2.45) is 5.73 Å². The largest absolute Gasteiger partial charge is 0.399 e. The topological polar surface area (TPSA) is 81.1 Å². The van der Waals surface area contributed by atoms with Crippen molar-refractivity contribution in [1.29, 1.82) is 0 Å². The molecule has 0 aliphatic heterocycles. The summed E-state index contributed by atoms with van der Waals surface area (Å²) in [6.45, 7) is 0. The summed E-state index contributed by atoms with van der Waals surface area (Å²) in [5.41, 5.74) is 12.5. The van der Waals surface area contributed by atoms with Crippen molar-refractivity contribution in [3.05, 3.63) is 51.2 Å². The van der Waals surface area contributed by atoms with E-state index in [2.05, 4.69) is 21.2 Å². The van der Waals surface area contributed by atoms with Crippen molar-refractivity contribution in [3.8, 4) is 0 Å². The number of carbonyl (C=O) groups is 1. The Balaban J connectivity index is 2.50. The molecule has 4 nitrogen and oxygen atoms in total. The fraction of sp³-hybridized carbons (Fsp3) is 0. The number of hydrogen-bond acceptors (Lipinski definition) is 3. The van der Waals surface area contributed by atoms with Gasteiger partial charge in [-0.3, -0.25) is 4.79 Å². The third-order valence-electron chi connectivity index (χ3n) is 2.58. The standard InChI is InChI=1S/C13H10BrClFN3O/c14-9-3-6(16)4-10(15)12(9)19-11-5-7(17)1-2-8(11)13(18)20/h1-5,19H,17H2,(H2,18,20). The minimum absolute atomic E-state index is 0.162. The van der Waals surface area contributed by atoms with E-state index in [0.717, 1.165) is 6.07 Å². The fourth-order valence-electron chi connectivity index (χ4n) is 1.68. The molecule has 2 aromatic carbocycles. The zero-order valence-electron chi connectivity index (χ0n) is 10.1. The van der Waals surface area contributed by atoms with Gasteiger partial charge in [-0.2, -0.15) is 0 Å². The van der Waals surface area contributed by atoms with Crippen LogP contribution in [0, 0.1) is 5.82 Å². The van der Waals surface area contributed by atoms with E-state index >= 15 is 0 Å². The molecule has 0 saturated heterocycles. The molecule has 1 amide bonds. The highest BCUT2D eigenvalue weighted by molar-refractivity contribution is 9.10. The molecule has 0 aliphatic carbocycles. The molecule has 104 valence electrons. The lowest BCUT2D eigenvalue weighted by Crippen LogP contribution is -2.13. The average Bonchev–Trinajstić information content (AvgIpc) is 2.33. The smallest absolute Gasteiger partial charge is 0.250 e. The van der Waals surface area contributed by atoms with Crippen molar-refractivity contribution in [1.82, 2.24) is 0 Å². The molecule has 0 saturated carbocycles. The quantitative estimate of drug-likeness (QED) is 0.732. The normalized spacial score (nSPS) is 10.3. The number of hydrogen-bond donors (Lipinski definition) is 3. The molecule has 5 N–H and O–H groups in total. The van der Waals surface area contributed by atoms with Gasteiger partial charge < -0.3 is 16.8 Å². The summed E-state index contributed by atoms with van der Waals surface area (Å²) < 4.78 is 13.6. The maximum atomic E-state index is 13.2. The van der Waals surface area contributed by atoms with Gasteiger partial charge in [-0.25, -0.2) is 4.39 Å². The van der Waals surface area contributed by atoms with E-state index in [1.165, 1.54) is 12.1 Å². The molecule has 0 fully saturated rings. The lowest BCUT2D eigenvalue weighted by atomic mass is 10.1. The Bertz CT molecular complexity index is 670. The van der Waals surface area contributed by atoms with E-state index in [1.54, 1.807) is 12.1 Å². The zero-order valence-corrected chi connectivity index (χ0v) is 12.4. The van der Waals surface area contributed by atoms with E-state index in [9.17, 15) is 9.18 Å². The molecule has 0 aromatic heterocycles. The van der Waals surface area contributed by atoms with Gasteiger partial charge in [0.15, 0.2) is 0 Å². The summed E-state index contributed by atoms with van der Waals surface area (Å²) in [4.78, 5) is 11.4. The lowest BCUT2D eigenvalue weighted by Gasteiger charge is -2.14. The predicted molar refractivity (Wildman–Crippen MR) is 81.8 cm³/mol. The molecule has 0 bridgehead atoms. The van der Waals surface area contributed by atoms with E-state index in [-0.39, 0.29) is 10.6 Å². The first kappa shape index (κ1) is 14.6. The van der Waals surface area contributed by atoms with Crippen LogP contribution in [0.5, 0.6) is 0 Å². The second-order valence-corrected chi connectivity index (χ2v) is 5.30. The summed E-state index contributed by atoms with van der Waals surface area (Å²) in [6.07, 6.45) is 0. The van der Waals surface area contributed by atoms with Gasteiger partial charge >= 0.3 is 0 Å².